The highest BCUT2D eigenvalue weighted by Crippen LogP contribution is 2.13. The van der Waals surface area contributed by atoms with Crippen LogP contribution in [0.2, 0.25) is 0 Å². The predicted molar refractivity (Wildman–Crippen MR) is 39.8 cm³/mol. The Kier molecular flexibility index (Phi) is 3.47. The van der Waals surface area contributed by atoms with Crippen LogP contribution in [0.5, 0.6) is 0 Å². The van der Waals surface area contributed by atoms with E-state index >= 15 is 0 Å². The second-order valence-electron chi connectivity index (χ2n) is 2.59. The molecular formula is C8H14O2. The van der Waals surface area contributed by atoms with Gasteiger partial charge in [0.25, 0.3) is 0 Å². The zero-order valence-corrected chi connectivity index (χ0v) is 6.12. The topological polar surface area (TPSA) is 29.5 Å². The SMILES string of the molecule is OC/C=C/C1CCCOC1. The smallest absolute Gasteiger partial charge is 0.0612 e. The minimum Gasteiger partial charge on any atom is -0.392 e. The number of ether oxygens (including phenoxy) is 1. The lowest BCUT2D eigenvalue weighted by Crippen LogP contribution is -2.14. The Morgan fingerprint density at radius 3 is 3.10 bits per heavy atom. The van der Waals surface area contributed by atoms with Gasteiger partial charge in [0, 0.05) is 12.5 Å². The van der Waals surface area contributed by atoms with E-state index in [4.69, 9.17) is 9.84 Å². The summed E-state index contributed by atoms with van der Waals surface area (Å²) in [6.07, 6.45) is 6.19. The molecule has 1 aliphatic rings. The molecule has 1 unspecified atom stereocenters. The van der Waals surface area contributed by atoms with Gasteiger partial charge in [0.1, 0.15) is 0 Å². The largest absolute Gasteiger partial charge is 0.392 e. The Hall–Kier alpha value is -0.340. The van der Waals surface area contributed by atoms with Crippen molar-refractivity contribution in [2.75, 3.05) is 19.8 Å². The number of rotatable bonds is 2. The molecule has 1 aliphatic heterocycles. The number of aliphatic hydroxyl groups is 1. The van der Waals surface area contributed by atoms with Crippen molar-refractivity contribution in [3.05, 3.63) is 12.2 Å². The van der Waals surface area contributed by atoms with Crippen LogP contribution < -0.4 is 0 Å². The lowest BCUT2D eigenvalue weighted by molar-refractivity contribution is 0.0708. The van der Waals surface area contributed by atoms with Crippen molar-refractivity contribution >= 4 is 0 Å². The molecule has 1 N–H and O–H groups in total. The molecule has 10 heavy (non-hydrogen) atoms. The minimum atomic E-state index is 0.149. The second-order valence-corrected chi connectivity index (χ2v) is 2.59. The van der Waals surface area contributed by atoms with E-state index in [0.717, 1.165) is 19.6 Å². The molecule has 0 radical (unpaired) electrons. The van der Waals surface area contributed by atoms with Gasteiger partial charge in [-0.05, 0) is 12.8 Å². The molecule has 1 saturated heterocycles. The summed E-state index contributed by atoms with van der Waals surface area (Å²) in [5.41, 5.74) is 0. The van der Waals surface area contributed by atoms with Crippen molar-refractivity contribution < 1.29 is 9.84 Å². The van der Waals surface area contributed by atoms with Crippen LogP contribution in [0.4, 0.5) is 0 Å². The fourth-order valence-electron chi connectivity index (χ4n) is 1.17. The maximum Gasteiger partial charge on any atom is 0.0612 e. The Morgan fingerprint density at radius 1 is 1.60 bits per heavy atom. The monoisotopic (exact) mass is 142 g/mol. The highest BCUT2D eigenvalue weighted by atomic mass is 16.5. The molecule has 1 heterocycles. The van der Waals surface area contributed by atoms with Crippen LogP contribution in [0.3, 0.4) is 0 Å². The quantitative estimate of drug-likeness (QED) is 0.582. The van der Waals surface area contributed by atoms with E-state index in [2.05, 4.69) is 0 Å². The van der Waals surface area contributed by atoms with Crippen LogP contribution >= 0.6 is 0 Å². The van der Waals surface area contributed by atoms with Gasteiger partial charge in [0.2, 0.25) is 0 Å². The Labute approximate surface area is 61.5 Å². The van der Waals surface area contributed by atoms with Gasteiger partial charge in [-0.3, -0.25) is 0 Å². The molecule has 1 fully saturated rings. The molecule has 0 bridgehead atoms. The van der Waals surface area contributed by atoms with Crippen molar-refractivity contribution in [1.82, 2.24) is 0 Å². The first-order chi connectivity index (χ1) is 4.93. The summed E-state index contributed by atoms with van der Waals surface area (Å²) in [5.74, 6) is 0.542. The molecule has 0 aromatic rings. The molecule has 0 aliphatic carbocycles. The Bertz CT molecular complexity index is 104. The van der Waals surface area contributed by atoms with E-state index in [0.29, 0.717) is 5.92 Å². The summed E-state index contributed by atoms with van der Waals surface area (Å²) < 4.78 is 5.25. The molecule has 0 saturated carbocycles. The van der Waals surface area contributed by atoms with Gasteiger partial charge in [0.05, 0.1) is 13.2 Å². The van der Waals surface area contributed by atoms with E-state index in [1.165, 1.54) is 6.42 Å². The molecule has 0 spiro atoms. The van der Waals surface area contributed by atoms with Crippen LogP contribution in [0.1, 0.15) is 12.8 Å². The maximum atomic E-state index is 8.47. The van der Waals surface area contributed by atoms with E-state index in [9.17, 15) is 0 Å². The van der Waals surface area contributed by atoms with Crippen molar-refractivity contribution in [3.63, 3.8) is 0 Å². The normalized spacial score (nSPS) is 27.5. The maximum absolute atomic E-state index is 8.47. The Balaban J connectivity index is 2.19. The first-order valence-electron chi connectivity index (χ1n) is 3.78. The number of hydrogen-bond acceptors (Lipinski definition) is 2. The van der Waals surface area contributed by atoms with Crippen LogP contribution in [-0.2, 0) is 4.74 Å². The van der Waals surface area contributed by atoms with E-state index < -0.39 is 0 Å². The van der Waals surface area contributed by atoms with Crippen LogP contribution in [-0.4, -0.2) is 24.9 Å². The molecule has 58 valence electrons. The molecule has 0 aromatic heterocycles. The van der Waals surface area contributed by atoms with Gasteiger partial charge in [-0.1, -0.05) is 12.2 Å². The predicted octanol–water partition coefficient (Wildman–Crippen LogP) is 0.962. The summed E-state index contributed by atoms with van der Waals surface area (Å²) in [5, 5.41) is 8.47. The van der Waals surface area contributed by atoms with Crippen LogP contribution in [0, 0.1) is 5.92 Å². The zero-order chi connectivity index (χ0) is 7.23. The average Bonchev–Trinajstić information content (AvgIpc) is 2.03. The van der Waals surface area contributed by atoms with Gasteiger partial charge in [-0.25, -0.2) is 0 Å². The molecule has 2 heteroatoms. The minimum absolute atomic E-state index is 0.149. The summed E-state index contributed by atoms with van der Waals surface area (Å²) >= 11 is 0. The summed E-state index contributed by atoms with van der Waals surface area (Å²) in [4.78, 5) is 0. The third-order valence-corrected chi connectivity index (χ3v) is 1.71. The van der Waals surface area contributed by atoms with Crippen molar-refractivity contribution in [2.24, 2.45) is 5.92 Å². The Morgan fingerprint density at radius 2 is 2.50 bits per heavy atom. The highest BCUT2D eigenvalue weighted by Gasteiger charge is 2.09. The second kappa shape index (κ2) is 4.47. The van der Waals surface area contributed by atoms with Gasteiger partial charge in [0.15, 0.2) is 0 Å². The fraction of sp³-hybridized carbons (Fsp3) is 0.750. The van der Waals surface area contributed by atoms with Crippen LogP contribution in [0.15, 0.2) is 12.2 Å². The first kappa shape index (κ1) is 7.76. The average molecular weight is 142 g/mol. The van der Waals surface area contributed by atoms with Gasteiger partial charge >= 0.3 is 0 Å². The summed E-state index contributed by atoms with van der Waals surface area (Å²) in [7, 11) is 0. The first-order valence-corrected chi connectivity index (χ1v) is 3.78. The summed E-state index contributed by atoms with van der Waals surface area (Å²) in [6, 6.07) is 0. The lowest BCUT2D eigenvalue weighted by atomic mass is 10.0. The molecule has 0 amide bonds. The van der Waals surface area contributed by atoms with Crippen molar-refractivity contribution in [1.29, 1.82) is 0 Å². The molecular weight excluding hydrogens is 128 g/mol. The van der Waals surface area contributed by atoms with Gasteiger partial charge in [-0.2, -0.15) is 0 Å². The molecule has 1 rings (SSSR count). The molecule has 0 aromatic carbocycles. The molecule has 2 nitrogen and oxygen atoms in total. The van der Waals surface area contributed by atoms with Gasteiger partial charge in [-0.15, -0.1) is 0 Å². The highest BCUT2D eigenvalue weighted by molar-refractivity contribution is 4.88. The van der Waals surface area contributed by atoms with E-state index in [-0.39, 0.29) is 6.61 Å². The third-order valence-electron chi connectivity index (χ3n) is 1.71. The van der Waals surface area contributed by atoms with Gasteiger partial charge < -0.3 is 9.84 Å². The standard InChI is InChI=1S/C8H14O2/c9-5-1-3-8-4-2-6-10-7-8/h1,3,8-9H,2,4-7H2/b3-1+. The van der Waals surface area contributed by atoms with Crippen molar-refractivity contribution in [3.8, 4) is 0 Å². The summed E-state index contributed by atoms with van der Waals surface area (Å²) in [6.45, 7) is 1.89. The lowest BCUT2D eigenvalue weighted by Gasteiger charge is -2.18. The fourth-order valence-corrected chi connectivity index (χ4v) is 1.17. The third kappa shape index (κ3) is 2.50. The van der Waals surface area contributed by atoms with Crippen LogP contribution in [0.25, 0.3) is 0 Å². The van der Waals surface area contributed by atoms with E-state index in [1.54, 1.807) is 6.08 Å². The van der Waals surface area contributed by atoms with Crippen molar-refractivity contribution in [2.45, 2.75) is 12.8 Å². The van der Waals surface area contributed by atoms with E-state index in [1.807, 2.05) is 6.08 Å². The number of aliphatic hydroxyl groups excluding tert-OH is 1. The zero-order valence-electron chi connectivity index (χ0n) is 6.12. The number of hydrogen-bond donors (Lipinski definition) is 1. The molecule has 1 atom stereocenters.